The van der Waals surface area contributed by atoms with Crippen molar-refractivity contribution >= 4 is 23.0 Å². The summed E-state index contributed by atoms with van der Waals surface area (Å²) in [4.78, 5) is 4.85. The lowest BCUT2D eigenvalue weighted by Crippen LogP contribution is -2.12. The normalized spacial score (nSPS) is 14.6. The zero-order chi connectivity index (χ0) is 12.3. The van der Waals surface area contributed by atoms with Crippen LogP contribution in [-0.2, 0) is 0 Å². The van der Waals surface area contributed by atoms with Gasteiger partial charge in [0.1, 0.15) is 10.8 Å². The maximum Gasteiger partial charge on any atom is 0.126 e. The summed E-state index contributed by atoms with van der Waals surface area (Å²) in [7, 11) is 0. The lowest BCUT2D eigenvalue weighted by Gasteiger charge is -2.08. The van der Waals surface area contributed by atoms with Crippen molar-refractivity contribution < 1.29 is 0 Å². The second-order valence-electron chi connectivity index (χ2n) is 4.76. The van der Waals surface area contributed by atoms with Crippen molar-refractivity contribution in [2.75, 3.05) is 11.9 Å². The summed E-state index contributed by atoms with van der Waals surface area (Å²) in [5.74, 6) is 1.87. The molecule has 1 aromatic heterocycles. The molecule has 1 heterocycles. The first-order valence-electron chi connectivity index (χ1n) is 6.17. The molecule has 3 nitrogen and oxygen atoms in total. The Morgan fingerprint density at radius 3 is 2.94 bits per heavy atom. The average Bonchev–Trinajstić information content (AvgIpc) is 3.07. The Morgan fingerprint density at radius 2 is 2.29 bits per heavy atom. The minimum Gasteiger partial charge on any atom is -0.389 e. The molecule has 0 bridgehead atoms. The van der Waals surface area contributed by atoms with Crippen molar-refractivity contribution in [2.24, 2.45) is 11.7 Å². The SMILES string of the molecule is Cc1cc(C(N)=S)cc(NCCCC2CC2)n1. The monoisotopic (exact) mass is 249 g/mol. The van der Waals surface area contributed by atoms with Gasteiger partial charge in [-0.25, -0.2) is 4.98 Å². The van der Waals surface area contributed by atoms with Crippen LogP contribution in [0.4, 0.5) is 5.82 Å². The average molecular weight is 249 g/mol. The van der Waals surface area contributed by atoms with E-state index in [0.717, 1.165) is 29.5 Å². The summed E-state index contributed by atoms with van der Waals surface area (Å²) in [6, 6.07) is 3.84. The maximum absolute atomic E-state index is 5.63. The third-order valence-corrected chi connectivity index (χ3v) is 3.27. The first-order chi connectivity index (χ1) is 8.15. The molecule has 3 N–H and O–H groups in total. The van der Waals surface area contributed by atoms with Crippen LogP contribution in [0, 0.1) is 12.8 Å². The molecule has 2 rings (SSSR count). The molecule has 1 aromatic rings. The van der Waals surface area contributed by atoms with Gasteiger partial charge in [-0.2, -0.15) is 0 Å². The standard InChI is InChI=1S/C13H19N3S/c1-9-7-11(13(14)17)8-12(16-9)15-6-2-3-10-4-5-10/h7-8,10H,2-6H2,1H3,(H2,14,17)(H,15,16). The molecule has 0 aromatic carbocycles. The Labute approximate surface area is 108 Å². The number of hydrogen-bond donors (Lipinski definition) is 2. The van der Waals surface area contributed by atoms with Crippen molar-refractivity contribution in [3.8, 4) is 0 Å². The van der Waals surface area contributed by atoms with Gasteiger partial charge in [-0.05, 0) is 37.8 Å². The van der Waals surface area contributed by atoms with E-state index in [0.29, 0.717) is 4.99 Å². The van der Waals surface area contributed by atoms with E-state index in [9.17, 15) is 0 Å². The van der Waals surface area contributed by atoms with Crippen molar-refractivity contribution in [1.29, 1.82) is 0 Å². The third-order valence-electron chi connectivity index (χ3n) is 3.03. The minimum absolute atomic E-state index is 0.427. The van der Waals surface area contributed by atoms with Gasteiger partial charge >= 0.3 is 0 Å². The van der Waals surface area contributed by atoms with Gasteiger partial charge in [0.15, 0.2) is 0 Å². The van der Waals surface area contributed by atoms with Gasteiger partial charge in [0.05, 0.1) is 0 Å². The fourth-order valence-electron chi connectivity index (χ4n) is 1.92. The summed E-state index contributed by atoms with van der Waals surface area (Å²) >= 11 is 4.98. The van der Waals surface area contributed by atoms with Crippen molar-refractivity contribution in [1.82, 2.24) is 4.98 Å². The van der Waals surface area contributed by atoms with Crippen LogP contribution in [0.15, 0.2) is 12.1 Å². The molecule has 17 heavy (non-hydrogen) atoms. The van der Waals surface area contributed by atoms with Crippen LogP contribution in [0.1, 0.15) is 36.9 Å². The van der Waals surface area contributed by atoms with Crippen LogP contribution in [0.25, 0.3) is 0 Å². The van der Waals surface area contributed by atoms with E-state index in [-0.39, 0.29) is 0 Å². The van der Waals surface area contributed by atoms with Crippen LogP contribution in [0.3, 0.4) is 0 Å². The zero-order valence-corrected chi connectivity index (χ0v) is 11.0. The van der Waals surface area contributed by atoms with Crippen molar-refractivity contribution in [3.63, 3.8) is 0 Å². The minimum atomic E-state index is 0.427. The number of hydrogen-bond acceptors (Lipinski definition) is 3. The Morgan fingerprint density at radius 1 is 1.53 bits per heavy atom. The second-order valence-corrected chi connectivity index (χ2v) is 5.20. The number of nitrogens with zero attached hydrogens (tertiary/aromatic N) is 1. The highest BCUT2D eigenvalue weighted by Crippen LogP contribution is 2.33. The lowest BCUT2D eigenvalue weighted by molar-refractivity contribution is 0.686. The van der Waals surface area contributed by atoms with Gasteiger partial charge in [0.2, 0.25) is 0 Å². The molecule has 0 aliphatic heterocycles. The van der Waals surface area contributed by atoms with Crippen LogP contribution < -0.4 is 11.1 Å². The van der Waals surface area contributed by atoms with Gasteiger partial charge in [0.25, 0.3) is 0 Å². The molecule has 0 unspecified atom stereocenters. The molecule has 0 amide bonds. The number of thiocarbonyl (C=S) groups is 1. The van der Waals surface area contributed by atoms with E-state index >= 15 is 0 Å². The van der Waals surface area contributed by atoms with Crippen LogP contribution in [-0.4, -0.2) is 16.5 Å². The van der Waals surface area contributed by atoms with Crippen LogP contribution in [0.2, 0.25) is 0 Å². The molecule has 92 valence electrons. The smallest absolute Gasteiger partial charge is 0.126 e. The van der Waals surface area contributed by atoms with E-state index in [4.69, 9.17) is 18.0 Å². The summed E-state index contributed by atoms with van der Waals surface area (Å²) in [5, 5.41) is 3.34. The molecule has 0 atom stereocenters. The molecule has 0 saturated heterocycles. The van der Waals surface area contributed by atoms with Gasteiger partial charge in [-0.1, -0.05) is 25.1 Å². The molecule has 0 radical (unpaired) electrons. The highest BCUT2D eigenvalue weighted by Gasteiger charge is 2.19. The second kappa shape index (κ2) is 5.45. The molecule has 1 aliphatic rings. The van der Waals surface area contributed by atoms with Gasteiger partial charge < -0.3 is 11.1 Å². The summed E-state index contributed by atoms with van der Waals surface area (Å²) in [6.45, 7) is 2.93. The number of anilines is 1. The van der Waals surface area contributed by atoms with Crippen LogP contribution >= 0.6 is 12.2 Å². The Balaban J connectivity index is 1.87. The van der Waals surface area contributed by atoms with E-state index in [1.54, 1.807) is 0 Å². The predicted octanol–water partition coefficient (Wildman–Crippen LogP) is 2.63. The van der Waals surface area contributed by atoms with Crippen LogP contribution in [0.5, 0.6) is 0 Å². The molecular formula is C13H19N3S. The predicted molar refractivity (Wildman–Crippen MR) is 75.3 cm³/mol. The maximum atomic E-state index is 5.63. The quantitative estimate of drug-likeness (QED) is 0.601. The summed E-state index contributed by atoms with van der Waals surface area (Å²) in [5.41, 5.74) is 7.46. The van der Waals surface area contributed by atoms with E-state index in [1.165, 1.54) is 25.7 Å². The molecule has 1 aliphatic carbocycles. The van der Waals surface area contributed by atoms with Gasteiger partial charge in [-0.3, -0.25) is 0 Å². The molecule has 0 spiro atoms. The number of rotatable bonds is 6. The Hall–Kier alpha value is -1.16. The van der Waals surface area contributed by atoms with Crippen molar-refractivity contribution in [2.45, 2.75) is 32.6 Å². The molecular weight excluding hydrogens is 230 g/mol. The number of nitrogens with two attached hydrogens (primary N) is 1. The van der Waals surface area contributed by atoms with E-state index < -0.39 is 0 Å². The Bertz CT molecular complexity index is 413. The largest absolute Gasteiger partial charge is 0.389 e. The number of aromatic nitrogens is 1. The fourth-order valence-corrected chi connectivity index (χ4v) is 2.03. The lowest BCUT2D eigenvalue weighted by atomic mass is 10.2. The topological polar surface area (TPSA) is 50.9 Å². The van der Waals surface area contributed by atoms with Gasteiger partial charge in [-0.15, -0.1) is 0 Å². The Kier molecular flexibility index (Phi) is 3.94. The molecule has 4 heteroatoms. The molecule has 1 fully saturated rings. The number of pyridine rings is 1. The van der Waals surface area contributed by atoms with Gasteiger partial charge in [0, 0.05) is 17.8 Å². The fraction of sp³-hybridized carbons (Fsp3) is 0.538. The van der Waals surface area contributed by atoms with E-state index in [1.807, 2.05) is 19.1 Å². The number of aryl methyl sites for hydroxylation is 1. The van der Waals surface area contributed by atoms with Crippen molar-refractivity contribution in [3.05, 3.63) is 23.4 Å². The zero-order valence-electron chi connectivity index (χ0n) is 10.2. The molecule has 1 saturated carbocycles. The highest BCUT2D eigenvalue weighted by molar-refractivity contribution is 7.80. The van der Waals surface area contributed by atoms with E-state index in [2.05, 4.69) is 10.3 Å². The third kappa shape index (κ3) is 3.97. The summed E-state index contributed by atoms with van der Waals surface area (Å²) < 4.78 is 0. The first kappa shape index (κ1) is 12.3. The first-order valence-corrected chi connectivity index (χ1v) is 6.58. The summed E-state index contributed by atoms with van der Waals surface area (Å²) in [6.07, 6.45) is 5.40. The number of nitrogens with one attached hydrogen (secondary N) is 1. The highest BCUT2D eigenvalue weighted by atomic mass is 32.1.